The highest BCUT2D eigenvalue weighted by Crippen LogP contribution is 2.12. The van der Waals surface area contributed by atoms with Crippen LogP contribution in [0.5, 0.6) is 0 Å². The lowest BCUT2D eigenvalue weighted by atomic mass is 10.1. The lowest BCUT2D eigenvalue weighted by molar-refractivity contribution is -0.115. The molecule has 1 aromatic rings. The third kappa shape index (κ3) is 7.15. The van der Waals surface area contributed by atoms with Crippen LogP contribution in [-0.4, -0.2) is 30.2 Å². The Morgan fingerprint density at radius 3 is 2.53 bits per heavy atom. The molecule has 1 amide bonds. The van der Waals surface area contributed by atoms with Gasteiger partial charge in [-0.2, -0.15) is 0 Å². The van der Waals surface area contributed by atoms with Crippen LogP contribution in [0.1, 0.15) is 20.3 Å². The van der Waals surface area contributed by atoms with E-state index in [2.05, 4.69) is 24.5 Å². The van der Waals surface area contributed by atoms with Crippen LogP contribution in [0.3, 0.4) is 0 Å². The van der Waals surface area contributed by atoms with Crippen molar-refractivity contribution in [2.75, 3.05) is 18.4 Å². The van der Waals surface area contributed by atoms with Crippen LogP contribution in [0.2, 0.25) is 5.02 Å². The summed E-state index contributed by atoms with van der Waals surface area (Å²) >= 11 is 5.76. The highest BCUT2D eigenvalue weighted by Gasteiger charge is 2.08. The third-order valence-corrected chi connectivity index (χ3v) is 2.79. The summed E-state index contributed by atoms with van der Waals surface area (Å²) in [7, 11) is 0. The standard InChI is InChI=1S/C14H21ClN2O2/c1-10(2)7-13(18)8-16-9-14(19)17-12-5-3-11(15)4-6-12/h3-6,10,13,16,18H,7-9H2,1-2H3,(H,17,19). The van der Waals surface area contributed by atoms with Gasteiger partial charge in [0.15, 0.2) is 0 Å². The van der Waals surface area contributed by atoms with Crippen molar-refractivity contribution in [2.45, 2.75) is 26.4 Å². The molecule has 4 nitrogen and oxygen atoms in total. The van der Waals surface area contributed by atoms with Crippen molar-refractivity contribution in [3.63, 3.8) is 0 Å². The summed E-state index contributed by atoms with van der Waals surface area (Å²) in [6, 6.07) is 6.93. The number of rotatable bonds is 7. The van der Waals surface area contributed by atoms with Gasteiger partial charge in [-0.1, -0.05) is 25.4 Å². The highest BCUT2D eigenvalue weighted by atomic mass is 35.5. The molecule has 0 aromatic heterocycles. The zero-order chi connectivity index (χ0) is 14.3. The zero-order valence-corrected chi connectivity index (χ0v) is 12.1. The number of benzene rings is 1. The molecule has 0 heterocycles. The number of anilines is 1. The number of amides is 1. The highest BCUT2D eigenvalue weighted by molar-refractivity contribution is 6.30. The number of carbonyl (C=O) groups excluding carboxylic acids is 1. The molecule has 1 unspecified atom stereocenters. The summed E-state index contributed by atoms with van der Waals surface area (Å²) < 4.78 is 0. The summed E-state index contributed by atoms with van der Waals surface area (Å²) in [5.41, 5.74) is 0.707. The van der Waals surface area contributed by atoms with Gasteiger partial charge in [0.25, 0.3) is 0 Å². The van der Waals surface area contributed by atoms with Crippen LogP contribution in [0.15, 0.2) is 24.3 Å². The minimum absolute atomic E-state index is 0.140. The molecule has 0 saturated carbocycles. The Balaban J connectivity index is 2.23. The van der Waals surface area contributed by atoms with E-state index in [1.807, 2.05) is 0 Å². The van der Waals surface area contributed by atoms with Crippen molar-refractivity contribution in [3.8, 4) is 0 Å². The molecule has 19 heavy (non-hydrogen) atoms. The molecule has 1 rings (SSSR count). The average Bonchev–Trinajstić information content (AvgIpc) is 2.31. The maximum absolute atomic E-state index is 11.6. The largest absolute Gasteiger partial charge is 0.392 e. The first-order valence-corrected chi connectivity index (χ1v) is 6.79. The summed E-state index contributed by atoms with van der Waals surface area (Å²) in [5.74, 6) is 0.304. The molecule has 0 bridgehead atoms. The number of halogens is 1. The van der Waals surface area contributed by atoms with Crippen LogP contribution < -0.4 is 10.6 Å². The van der Waals surface area contributed by atoms with Crippen LogP contribution in [0.25, 0.3) is 0 Å². The van der Waals surface area contributed by atoms with Gasteiger partial charge in [-0.15, -0.1) is 0 Å². The molecule has 0 aliphatic carbocycles. The molecule has 1 aromatic carbocycles. The van der Waals surface area contributed by atoms with E-state index in [0.29, 0.717) is 23.2 Å². The Labute approximate surface area is 119 Å². The molecule has 0 aliphatic heterocycles. The van der Waals surface area contributed by atoms with E-state index in [0.717, 1.165) is 6.42 Å². The summed E-state index contributed by atoms with van der Waals surface area (Å²) in [5, 5.41) is 16.0. The van der Waals surface area contributed by atoms with Crippen molar-refractivity contribution in [1.82, 2.24) is 5.32 Å². The molecule has 106 valence electrons. The van der Waals surface area contributed by atoms with E-state index >= 15 is 0 Å². The van der Waals surface area contributed by atoms with Gasteiger partial charge in [-0.25, -0.2) is 0 Å². The minimum Gasteiger partial charge on any atom is -0.392 e. The van der Waals surface area contributed by atoms with Gasteiger partial charge < -0.3 is 15.7 Å². The molecule has 0 fully saturated rings. The van der Waals surface area contributed by atoms with E-state index in [1.54, 1.807) is 24.3 Å². The van der Waals surface area contributed by atoms with Gasteiger partial charge in [-0.3, -0.25) is 4.79 Å². The van der Waals surface area contributed by atoms with Gasteiger partial charge in [-0.05, 0) is 36.6 Å². The molecule has 0 saturated heterocycles. The van der Waals surface area contributed by atoms with Crippen molar-refractivity contribution >= 4 is 23.2 Å². The second kappa shape index (κ2) is 8.15. The van der Waals surface area contributed by atoms with Gasteiger partial charge in [0.05, 0.1) is 12.6 Å². The number of aliphatic hydroxyl groups excluding tert-OH is 1. The molecular weight excluding hydrogens is 264 g/mol. The van der Waals surface area contributed by atoms with Gasteiger partial charge in [0.1, 0.15) is 0 Å². The fourth-order valence-electron chi connectivity index (χ4n) is 1.72. The summed E-state index contributed by atoms with van der Waals surface area (Å²) in [6.07, 6.45) is 0.314. The summed E-state index contributed by atoms with van der Waals surface area (Å²) in [6.45, 7) is 4.71. The third-order valence-electron chi connectivity index (χ3n) is 2.54. The van der Waals surface area contributed by atoms with Crippen molar-refractivity contribution in [3.05, 3.63) is 29.3 Å². The number of hydrogen-bond acceptors (Lipinski definition) is 3. The molecule has 1 atom stereocenters. The average molecular weight is 285 g/mol. The molecule has 3 N–H and O–H groups in total. The van der Waals surface area contributed by atoms with Gasteiger partial charge in [0.2, 0.25) is 5.91 Å². The second-order valence-electron chi connectivity index (χ2n) is 4.97. The number of aliphatic hydroxyl groups is 1. The lowest BCUT2D eigenvalue weighted by Gasteiger charge is -2.13. The van der Waals surface area contributed by atoms with Crippen LogP contribution in [0, 0.1) is 5.92 Å². The second-order valence-corrected chi connectivity index (χ2v) is 5.41. The molecule has 0 spiro atoms. The Morgan fingerprint density at radius 2 is 1.95 bits per heavy atom. The normalized spacial score (nSPS) is 12.5. The Bertz CT molecular complexity index is 393. The van der Waals surface area contributed by atoms with Crippen molar-refractivity contribution in [2.24, 2.45) is 5.92 Å². The van der Waals surface area contributed by atoms with Crippen LogP contribution >= 0.6 is 11.6 Å². The maximum atomic E-state index is 11.6. The van der Waals surface area contributed by atoms with Crippen LogP contribution in [0.4, 0.5) is 5.69 Å². The lowest BCUT2D eigenvalue weighted by Crippen LogP contribution is -2.34. The fraction of sp³-hybridized carbons (Fsp3) is 0.500. The number of hydrogen-bond donors (Lipinski definition) is 3. The van der Waals surface area contributed by atoms with Gasteiger partial charge in [0, 0.05) is 17.3 Å². The van der Waals surface area contributed by atoms with Crippen molar-refractivity contribution in [1.29, 1.82) is 0 Å². The molecule has 0 aliphatic rings. The molecule has 5 heteroatoms. The topological polar surface area (TPSA) is 61.4 Å². The Hall–Kier alpha value is -1.10. The SMILES string of the molecule is CC(C)CC(O)CNCC(=O)Nc1ccc(Cl)cc1. The summed E-state index contributed by atoms with van der Waals surface area (Å²) in [4.78, 5) is 11.6. The first kappa shape index (κ1) is 16.0. The number of carbonyl (C=O) groups is 1. The molecule has 0 radical (unpaired) electrons. The van der Waals surface area contributed by atoms with E-state index in [-0.39, 0.29) is 12.5 Å². The minimum atomic E-state index is -0.414. The maximum Gasteiger partial charge on any atom is 0.238 e. The number of nitrogens with one attached hydrogen (secondary N) is 2. The van der Waals surface area contributed by atoms with E-state index in [4.69, 9.17) is 11.6 Å². The van der Waals surface area contributed by atoms with Crippen LogP contribution in [-0.2, 0) is 4.79 Å². The van der Waals surface area contributed by atoms with E-state index < -0.39 is 6.10 Å². The first-order chi connectivity index (χ1) is 8.97. The van der Waals surface area contributed by atoms with Gasteiger partial charge >= 0.3 is 0 Å². The predicted octanol–water partition coefficient (Wildman–Crippen LogP) is 2.28. The Morgan fingerprint density at radius 1 is 1.32 bits per heavy atom. The van der Waals surface area contributed by atoms with E-state index in [1.165, 1.54) is 0 Å². The predicted molar refractivity (Wildman–Crippen MR) is 78.4 cm³/mol. The zero-order valence-electron chi connectivity index (χ0n) is 11.3. The first-order valence-electron chi connectivity index (χ1n) is 6.41. The quantitative estimate of drug-likeness (QED) is 0.720. The Kier molecular flexibility index (Phi) is 6.84. The van der Waals surface area contributed by atoms with E-state index in [9.17, 15) is 9.90 Å². The van der Waals surface area contributed by atoms with Crippen molar-refractivity contribution < 1.29 is 9.90 Å². The molecular formula is C14H21ClN2O2. The smallest absolute Gasteiger partial charge is 0.238 e. The fourth-order valence-corrected chi connectivity index (χ4v) is 1.84. The monoisotopic (exact) mass is 284 g/mol.